The lowest BCUT2D eigenvalue weighted by Gasteiger charge is -2.34. The van der Waals surface area contributed by atoms with Gasteiger partial charge in [0.15, 0.2) is 0 Å². The second-order valence-electron chi connectivity index (χ2n) is 12.0. The van der Waals surface area contributed by atoms with E-state index in [1.165, 1.54) is 0 Å². The minimum atomic E-state index is -0.969. The van der Waals surface area contributed by atoms with Crippen LogP contribution in [0.25, 0.3) is 22.4 Å². The molecule has 0 saturated heterocycles. The molecule has 1 heterocycles. The van der Waals surface area contributed by atoms with E-state index in [1.54, 1.807) is 19.1 Å². The van der Waals surface area contributed by atoms with E-state index in [4.69, 9.17) is 21.3 Å². The summed E-state index contributed by atoms with van der Waals surface area (Å²) in [5, 5.41) is 13.1. The molecule has 220 valence electrons. The minimum Gasteiger partial charge on any atom is -0.492 e. The highest BCUT2D eigenvalue weighted by Crippen LogP contribution is 2.37. The van der Waals surface area contributed by atoms with Gasteiger partial charge in [0.1, 0.15) is 11.4 Å². The maximum atomic E-state index is 13.5. The zero-order valence-electron chi connectivity index (χ0n) is 25.3. The van der Waals surface area contributed by atoms with E-state index in [1.807, 2.05) is 60.0 Å². The number of nitrogens with zero attached hydrogens (tertiary/aromatic N) is 2. The first-order valence-electron chi connectivity index (χ1n) is 13.9. The lowest BCUT2D eigenvalue weighted by atomic mass is 9.79. The zero-order chi connectivity index (χ0) is 30.5. The minimum absolute atomic E-state index is 0.198. The number of aliphatic carboxylic acids is 1. The Morgan fingerprint density at radius 3 is 2.34 bits per heavy atom. The molecule has 0 spiro atoms. The first-order chi connectivity index (χ1) is 19.2. The summed E-state index contributed by atoms with van der Waals surface area (Å²) in [6.45, 7) is 12.8. The van der Waals surface area contributed by atoms with Gasteiger partial charge in [-0.3, -0.25) is 9.59 Å². The van der Waals surface area contributed by atoms with Crippen molar-refractivity contribution < 1.29 is 19.4 Å². The van der Waals surface area contributed by atoms with Crippen LogP contribution in [0, 0.1) is 25.2 Å². The highest BCUT2D eigenvalue weighted by Gasteiger charge is 2.35. The van der Waals surface area contributed by atoms with Crippen LogP contribution in [0.1, 0.15) is 55.7 Å². The molecule has 1 aromatic heterocycles. The predicted molar refractivity (Wildman–Crippen MR) is 166 cm³/mol. The number of rotatable bonds is 11. The van der Waals surface area contributed by atoms with Gasteiger partial charge in [0.25, 0.3) is 5.91 Å². The van der Waals surface area contributed by atoms with Crippen molar-refractivity contribution in [3.63, 3.8) is 0 Å². The SMILES string of the molecule is Cc1ccc(-c2ccc(C(=O)N[C@@H](C(C)C(=O)O)C(C)(C)C)nc2-c2ccc(Cl)c(OCCCN(C)C)c2)c(C)c1. The molecule has 0 aliphatic carbocycles. The number of hydrogen-bond acceptors (Lipinski definition) is 5. The van der Waals surface area contributed by atoms with Gasteiger partial charge in [0, 0.05) is 23.7 Å². The Morgan fingerprint density at radius 1 is 1.05 bits per heavy atom. The fraction of sp³-hybridized carbons (Fsp3) is 0.424. The number of aromatic nitrogens is 1. The average Bonchev–Trinajstić information content (AvgIpc) is 2.89. The Balaban J connectivity index is 2.08. The topological polar surface area (TPSA) is 91.8 Å². The van der Waals surface area contributed by atoms with Crippen LogP contribution in [-0.4, -0.2) is 60.2 Å². The highest BCUT2D eigenvalue weighted by molar-refractivity contribution is 6.32. The summed E-state index contributed by atoms with van der Waals surface area (Å²) in [5.41, 5.74) is 5.19. The number of hydrogen-bond donors (Lipinski definition) is 2. The zero-order valence-corrected chi connectivity index (χ0v) is 26.1. The van der Waals surface area contributed by atoms with Crippen molar-refractivity contribution in [2.24, 2.45) is 11.3 Å². The maximum absolute atomic E-state index is 13.5. The molecule has 3 aromatic rings. The average molecular weight is 580 g/mol. The van der Waals surface area contributed by atoms with Gasteiger partial charge in [-0.05, 0) is 82.1 Å². The lowest BCUT2D eigenvalue weighted by Crippen LogP contribution is -2.50. The number of benzene rings is 2. The van der Waals surface area contributed by atoms with Crippen molar-refractivity contribution in [1.82, 2.24) is 15.2 Å². The molecule has 7 nitrogen and oxygen atoms in total. The van der Waals surface area contributed by atoms with Gasteiger partial charge >= 0.3 is 5.97 Å². The van der Waals surface area contributed by atoms with Crippen LogP contribution in [0.4, 0.5) is 0 Å². The molecule has 0 aliphatic heterocycles. The molecule has 0 saturated carbocycles. The van der Waals surface area contributed by atoms with Crippen LogP contribution in [0.3, 0.4) is 0 Å². The summed E-state index contributed by atoms with van der Waals surface area (Å²) in [5.74, 6) is -1.63. The fourth-order valence-electron chi connectivity index (χ4n) is 4.91. The number of aryl methyl sites for hydroxylation is 2. The van der Waals surface area contributed by atoms with Crippen molar-refractivity contribution in [3.8, 4) is 28.1 Å². The van der Waals surface area contributed by atoms with Crippen LogP contribution in [0.2, 0.25) is 5.02 Å². The monoisotopic (exact) mass is 579 g/mol. The van der Waals surface area contributed by atoms with Gasteiger partial charge in [-0.2, -0.15) is 0 Å². The van der Waals surface area contributed by atoms with E-state index in [2.05, 4.69) is 35.3 Å². The number of carboxylic acids is 1. The van der Waals surface area contributed by atoms with E-state index in [9.17, 15) is 14.7 Å². The first-order valence-corrected chi connectivity index (χ1v) is 14.3. The number of pyridine rings is 1. The second kappa shape index (κ2) is 13.5. The third kappa shape index (κ3) is 8.30. The highest BCUT2D eigenvalue weighted by atomic mass is 35.5. The quantitative estimate of drug-likeness (QED) is 0.241. The molecule has 8 heteroatoms. The maximum Gasteiger partial charge on any atom is 0.308 e. The summed E-state index contributed by atoms with van der Waals surface area (Å²) in [6, 6.07) is 14.7. The molecule has 2 aromatic carbocycles. The molecule has 1 amide bonds. The molecule has 2 N–H and O–H groups in total. The molecule has 0 radical (unpaired) electrons. The van der Waals surface area contributed by atoms with E-state index in [0.717, 1.165) is 40.8 Å². The van der Waals surface area contributed by atoms with Crippen LogP contribution in [-0.2, 0) is 4.79 Å². The summed E-state index contributed by atoms with van der Waals surface area (Å²) in [4.78, 5) is 32.2. The fourth-order valence-corrected chi connectivity index (χ4v) is 5.08. The van der Waals surface area contributed by atoms with E-state index < -0.39 is 29.3 Å². The Morgan fingerprint density at radius 2 is 1.73 bits per heavy atom. The number of carbonyl (C=O) groups is 2. The molecule has 0 bridgehead atoms. The summed E-state index contributed by atoms with van der Waals surface area (Å²) in [6.07, 6.45) is 0.846. The van der Waals surface area contributed by atoms with Crippen molar-refractivity contribution in [2.45, 2.75) is 54.0 Å². The Bertz CT molecular complexity index is 1400. The van der Waals surface area contributed by atoms with E-state index in [0.29, 0.717) is 23.1 Å². The van der Waals surface area contributed by atoms with Crippen LogP contribution in [0.15, 0.2) is 48.5 Å². The molecule has 2 atom stereocenters. The summed E-state index contributed by atoms with van der Waals surface area (Å²) < 4.78 is 6.03. The van der Waals surface area contributed by atoms with Gasteiger partial charge in [0.2, 0.25) is 0 Å². The van der Waals surface area contributed by atoms with Gasteiger partial charge < -0.3 is 20.1 Å². The van der Waals surface area contributed by atoms with Crippen molar-refractivity contribution in [2.75, 3.05) is 27.2 Å². The summed E-state index contributed by atoms with van der Waals surface area (Å²) >= 11 is 6.49. The number of amides is 1. The lowest BCUT2D eigenvalue weighted by molar-refractivity contribution is -0.143. The molecule has 0 aliphatic rings. The number of nitrogens with one attached hydrogen (secondary N) is 1. The van der Waals surface area contributed by atoms with Crippen molar-refractivity contribution in [3.05, 3.63) is 70.4 Å². The number of ether oxygens (including phenoxy) is 1. The second-order valence-corrected chi connectivity index (χ2v) is 12.4. The Hall–Kier alpha value is -3.42. The van der Waals surface area contributed by atoms with Gasteiger partial charge in [-0.25, -0.2) is 4.98 Å². The molecular weight excluding hydrogens is 538 g/mol. The molecule has 0 fully saturated rings. The standard InChI is InChI=1S/C33H42ClN3O4/c1-20-10-12-24(21(2)18-20)25-13-15-27(31(38)36-30(33(4,5)6)22(3)32(39)40)35-29(25)23-11-14-26(34)28(19-23)41-17-9-16-37(7)8/h10-15,18-19,22,30H,9,16-17H2,1-8H3,(H,36,38)(H,39,40)/t22?,30-/m0/s1. The Kier molecular flexibility index (Phi) is 10.6. The van der Waals surface area contributed by atoms with Gasteiger partial charge in [-0.1, -0.05) is 62.2 Å². The third-order valence-corrected chi connectivity index (χ3v) is 7.43. The molecule has 3 rings (SSSR count). The molecular formula is C33H42ClN3O4. The third-order valence-electron chi connectivity index (χ3n) is 7.12. The summed E-state index contributed by atoms with van der Waals surface area (Å²) in [7, 11) is 4.03. The predicted octanol–water partition coefficient (Wildman–Crippen LogP) is 6.88. The molecule has 41 heavy (non-hydrogen) atoms. The normalized spacial score (nSPS) is 13.1. The van der Waals surface area contributed by atoms with Crippen molar-refractivity contribution in [1.29, 1.82) is 0 Å². The Labute approximate surface area is 248 Å². The van der Waals surface area contributed by atoms with E-state index in [-0.39, 0.29) is 5.69 Å². The van der Waals surface area contributed by atoms with Gasteiger partial charge in [0.05, 0.1) is 23.2 Å². The number of carboxylic acid groups (broad SMARTS) is 1. The largest absolute Gasteiger partial charge is 0.492 e. The number of halogens is 1. The van der Waals surface area contributed by atoms with Gasteiger partial charge in [-0.15, -0.1) is 0 Å². The molecule has 1 unspecified atom stereocenters. The number of carbonyl (C=O) groups excluding carboxylic acids is 1. The smallest absolute Gasteiger partial charge is 0.308 e. The van der Waals surface area contributed by atoms with E-state index >= 15 is 0 Å². The van der Waals surface area contributed by atoms with Crippen LogP contribution in [0.5, 0.6) is 5.75 Å². The van der Waals surface area contributed by atoms with Crippen LogP contribution >= 0.6 is 11.6 Å². The first kappa shape index (κ1) is 32.1. The van der Waals surface area contributed by atoms with Crippen LogP contribution < -0.4 is 10.1 Å². The van der Waals surface area contributed by atoms with Crippen molar-refractivity contribution >= 4 is 23.5 Å².